The molecule has 148 valence electrons. The highest BCUT2D eigenvalue weighted by Gasteiger charge is 2.50. The first-order valence-corrected chi connectivity index (χ1v) is 9.56. The number of fused-ring (bicyclic) bond motifs is 1. The van der Waals surface area contributed by atoms with Crippen molar-refractivity contribution in [2.45, 2.75) is 25.8 Å². The molecule has 7 nitrogen and oxygen atoms in total. The number of hydrogen-bond donors (Lipinski definition) is 3. The van der Waals surface area contributed by atoms with Gasteiger partial charge in [0.05, 0.1) is 7.05 Å². The minimum absolute atomic E-state index is 0.0938. The highest BCUT2D eigenvalue weighted by molar-refractivity contribution is 6.07. The lowest BCUT2D eigenvalue weighted by Gasteiger charge is -2.23. The molecule has 0 saturated carbocycles. The van der Waals surface area contributed by atoms with Crippen LogP contribution in [0.1, 0.15) is 25.8 Å². The van der Waals surface area contributed by atoms with E-state index < -0.39 is 11.6 Å². The predicted molar refractivity (Wildman–Crippen MR) is 107 cm³/mol. The van der Waals surface area contributed by atoms with Gasteiger partial charge in [-0.05, 0) is 35.7 Å². The molecule has 1 saturated heterocycles. The monoisotopic (exact) mass is 383 g/mol. The van der Waals surface area contributed by atoms with Crippen LogP contribution in [0.25, 0.3) is 10.8 Å². The van der Waals surface area contributed by atoms with E-state index in [-0.39, 0.29) is 25.0 Å². The van der Waals surface area contributed by atoms with Crippen molar-refractivity contribution >= 4 is 28.6 Å². The molecule has 3 N–H and O–H groups in total. The van der Waals surface area contributed by atoms with Gasteiger partial charge in [0.1, 0.15) is 5.54 Å². The lowest BCUT2D eigenvalue weighted by atomic mass is 9.90. The van der Waals surface area contributed by atoms with E-state index in [0.717, 1.165) is 27.7 Å². The quantitative estimate of drug-likeness (QED) is 0.613. The first-order chi connectivity index (χ1) is 13.3. The van der Waals surface area contributed by atoms with Crippen molar-refractivity contribution in [1.82, 2.24) is 15.5 Å². The minimum atomic E-state index is -1.12. The fourth-order valence-corrected chi connectivity index (χ4v) is 3.46. The lowest BCUT2D eigenvalue weighted by Crippen LogP contribution is -3.12. The summed E-state index contributed by atoms with van der Waals surface area (Å²) in [5.41, 5.74) is -0.378. The number of carbonyl (C=O) groups excluding carboxylic acids is 3. The Morgan fingerprint density at radius 3 is 2.61 bits per heavy atom. The summed E-state index contributed by atoms with van der Waals surface area (Å²) in [6.45, 7) is 4.66. The number of rotatable bonds is 7. The van der Waals surface area contributed by atoms with Gasteiger partial charge in [-0.3, -0.25) is 9.59 Å². The summed E-state index contributed by atoms with van der Waals surface area (Å²) >= 11 is 0. The van der Waals surface area contributed by atoms with Crippen molar-refractivity contribution in [1.29, 1.82) is 0 Å². The fourth-order valence-electron chi connectivity index (χ4n) is 3.46. The zero-order chi connectivity index (χ0) is 20.3. The number of likely N-dealkylation sites (N-methyl/N-ethyl adjacent to an activating group) is 1. The zero-order valence-electron chi connectivity index (χ0n) is 16.5. The van der Waals surface area contributed by atoms with Gasteiger partial charge in [0.2, 0.25) is 0 Å². The van der Waals surface area contributed by atoms with Crippen LogP contribution in [0, 0.1) is 0 Å². The highest BCUT2D eigenvalue weighted by Crippen LogP contribution is 2.30. The molecule has 0 aliphatic carbocycles. The molecular formula is C21H27N4O3+. The molecule has 0 bridgehead atoms. The first-order valence-electron chi connectivity index (χ1n) is 9.56. The lowest BCUT2D eigenvalue weighted by molar-refractivity contribution is -0.879. The molecular weight excluding hydrogens is 356 g/mol. The number of urea groups is 1. The van der Waals surface area contributed by atoms with Crippen LogP contribution in [0.3, 0.4) is 0 Å². The summed E-state index contributed by atoms with van der Waals surface area (Å²) in [6, 6.07) is 13.2. The molecule has 28 heavy (non-hydrogen) atoms. The number of benzene rings is 2. The van der Waals surface area contributed by atoms with E-state index in [2.05, 4.69) is 10.6 Å². The van der Waals surface area contributed by atoms with Gasteiger partial charge in [0.25, 0.3) is 11.8 Å². The van der Waals surface area contributed by atoms with E-state index in [1.165, 1.54) is 4.90 Å². The van der Waals surface area contributed by atoms with Crippen molar-refractivity contribution in [2.75, 3.05) is 26.8 Å². The molecule has 0 aromatic heterocycles. The molecule has 1 aliphatic heterocycles. The average Bonchev–Trinajstić information content (AvgIpc) is 2.90. The Morgan fingerprint density at radius 1 is 1.18 bits per heavy atom. The van der Waals surface area contributed by atoms with Gasteiger partial charge >= 0.3 is 6.03 Å². The molecule has 0 spiro atoms. The smallest absolute Gasteiger partial charge is 0.329 e. The van der Waals surface area contributed by atoms with E-state index in [4.69, 9.17) is 0 Å². The van der Waals surface area contributed by atoms with Crippen LogP contribution in [0.4, 0.5) is 4.79 Å². The molecule has 2 aromatic carbocycles. The second kappa shape index (κ2) is 7.98. The van der Waals surface area contributed by atoms with E-state index in [9.17, 15) is 14.4 Å². The molecule has 2 aromatic rings. The van der Waals surface area contributed by atoms with Crippen LogP contribution in [-0.4, -0.2) is 49.6 Å². The van der Waals surface area contributed by atoms with Gasteiger partial charge in [-0.2, -0.15) is 0 Å². The number of quaternary nitrogens is 1. The summed E-state index contributed by atoms with van der Waals surface area (Å²) in [7, 11) is 1.79. The second-order valence-electron chi connectivity index (χ2n) is 7.49. The topological polar surface area (TPSA) is 82.9 Å². The zero-order valence-corrected chi connectivity index (χ0v) is 16.5. The normalized spacial score (nSPS) is 20.3. The third kappa shape index (κ3) is 3.84. The summed E-state index contributed by atoms with van der Waals surface area (Å²) in [5, 5.41) is 7.72. The molecule has 1 aliphatic rings. The molecule has 7 heteroatoms. The number of hydrogen-bond acceptors (Lipinski definition) is 3. The SMILES string of the molecule is CCCNC(=O)C[NH+](C)CN1C(=O)N[C@@](C)(c2ccc3ccccc3c2)C1=O. The maximum atomic E-state index is 13.1. The molecule has 1 heterocycles. The van der Waals surface area contributed by atoms with Crippen LogP contribution in [0.5, 0.6) is 0 Å². The van der Waals surface area contributed by atoms with Crippen molar-refractivity contribution in [3.63, 3.8) is 0 Å². The van der Waals surface area contributed by atoms with Crippen molar-refractivity contribution < 1.29 is 19.3 Å². The summed E-state index contributed by atoms with van der Waals surface area (Å²) in [5.74, 6) is -0.398. The minimum Gasteiger partial charge on any atom is -0.351 e. The Balaban J connectivity index is 1.75. The second-order valence-corrected chi connectivity index (χ2v) is 7.49. The fraction of sp³-hybridized carbons (Fsp3) is 0.381. The van der Waals surface area contributed by atoms with Crippen molar-refractivity contribution in [3.05, 3.63) is 48.0 Å². The van der Waals surface area contributed by atoms with E-state index in [1.807, 2.05) is 49.4 Å². The predicted octanol–water partition coefficient (Wildman–Crippen LogP) is 0.605. The van der Waals surface area contributed by atoms with Crippen LogP contribution < -0.4 is 15.5 Å². The van der Waals surface area contributed by atoms with Crippen LogP contribution >= 0.6 is 0 Å². The maximum Gasteiger partial charge on any atom is 0.329 e. The number of carbonyl (C=O) groups is 3. The first kappa shape index (κ1) is 19.8. The van der Waals surface area contributed by atoms with Gasteiger partial charge in [-0.15, -0.1) is 0 Å². The standard InChI is InChI=1S/C21H26N4O3/c1-4-11-22-18(26)13-24(3)14-25-19(27)21(2,23-20(25)28)17-10-9-15-7-5-6-8-16(15)12-17/h5-10,12H,4,11,13-14H2,1-3H3,(H,22,26)(H,23,28)/p+1/t21-/m0/s1. The average molecular weight is 383 g/mol. The third-order valence-electron chi connectivity index (χ3n) is 5.06. The van der Waals surface area contributed by atoms with Gasteiger partial charge in [-0.1, -0.05) is 43.3 Å². The Morgan fingerprint density at radius 2 is 1.89 bits per heavy atom. The maximum absolute atomic E-state index is 13.1. The number of nitrogens with one attached hydrogen (secondary N) is 3. The Kier molecular flexibility index (Phi) is 5.65. The Hall–Kier alpha value is -2.93. The number of amides is 4. The molecule has 1 unspecified atom stereocenters. The van der Waals surface area contributed by atoms with Crippen molar-refractivity contribution in [2.24, 2.45) is 0 Å². The summed E-state index contributed by atoms with van der Waals surface area (Å²) < 4.78 is 0. The van der Waals surface area contributed by atoms with Crippen LogP contribution in [0.15, 0.2) is 42.5 Å². The largest absolute Gasteiger partial charge is 0.351 e. The number of imide groups is 1. The van der Waals surface area contributed by atoms with Crippen LogP contribution in [0.2, 0.25) is 0 Å². The summed E-state index contributed by atoms with van der Waals surface area (Å²) in [6.07, 6.45) is 0.863. The van der Waals surface area contributed by atoms with Crippen molar-refractivity contribution in [3.8, 4) is 0 Å². The Labute approximate surface area is 164 Å². The molecule has 4 amide bonds. The molecule has 3 rings (SSSR count). The molecule has 1 fully saturated rings. The molecule has 0 radical (unpaired) electrons. The van der Waals surface area contributed by atoms with Gasteiger partial charge in [0, 0.05) is 6.54 Å². The van der Waals surface area contributed by atoms with E-state index in [0.29, 0.717) is 6.54 Å². The third-order valence-corrected chi connectivity index (χ3v) is 5.06. The highest BCUT2D eigenvalue weighted by atomic mass is 16.2. The van der Waals surface area contributed by atoms with E-state index in [1.54, 1.807) is 14.0 Å². The summed E-state index contributed by atoms with van der Waals surface area (Å²) in [4.78, 5) is 39.4. The van der Waals surface area contributed by atoms with Gasteiger partial charge in [-0.25, -0.2) is 9.69 Å². The van der Waals surface area contributed by atoms with Gasteiger partial charge < -0.3 is 15.5 Å². The molecule has 2 atom stereocenters. The van der Waals surface area contributed by atoms with Gasteiger partial charge in [0.15, 0.2) is 13.2 Å². The number of nitrogens with zero attached hydrogens (tertiary/aromatic N) is 1. The van der Waals surface area contributed by atoms with Crippen LogP contribution in [-0.2, 0) is 15.1 Å². The van der Waals surface area contributed by atoms with E-state index >= 15 is 0 Å². The Bertz CT molecular complexity index is 913.